The minimum atomic E-state index is -0.563. The number of nitrogens with one attached hydrogen (secondary N) is 1. The molecule has 0 aromatic heterocycles. The Labute approximate surface area is 115 Å². The number of rotatable bonds is 8. The quantitative estimate of drug-likeness (QED) is 0.629. The molecule has 1 aromatic rings. The van der Waals surface area contributed by atoms with E-state index in [2.05, 4.69) is 5.32 Å². The molecule has 0 fully saturated rings. The summed E-state index contributed by atoms with van der Waals surface area (Å²) in [6.07, 6.45) is 0.278. The molecule has 0 radical (unpaired) electrons. The van der Waals surface area contributed by atoms with Gasteiger partial charge in [0.15, 0.2) is 0 Å². The highest BCUT2D eigenvalue weighted by atomic mass is 16.5. The van der Waals surface area contributed by atoms with Gasteiger partial charge in [0.05, 0.1) is 12.2 Å². The number of hydrogen-bond donors (Lipinski definition) is 3. The van der Waals surface area contributed by atoms with Gasteiger partial charge in [-0.1, -0.05) is 12.1 Å². The highest BCUT2D eigenvalue weighted by molar-refractivity contribution is 5.29. The zero-order valence-electron chi connectivity index (χ0n) is 12.0. The average Bonchev–Trinajstić information content (AvgIpc) is 2.38. The van der Waals surface area contributed by atoms with Crippen LogP contribution in [0, 0.1) is 0 Å². The summed E-state index contributed by atoms with van der Waals surface area (Å²) in [5.41, 5.74) is 0.861. The van der Waals surface area contributed by atoms with Gasteiger partial charge in [-0.15, -0.1) is 0 Å². The van der Waals surface area contributed by atoms with Crippen LogP contribution in [0.3, 0.4) is 0 Å². The van der Waals surface area contributed by atoms with Gasteiger partial charge >= 0.3 is 0 Å². The summed E-state index contributed by atoms with van der Waals surface area (Å²) in [4.78, 5) is 0. The SMILES string of the molecule is CC(C)Oc1ccc(C(O)C(C)NCCCO)cc1. The van der Waals surface area contributed by atoms with Crippen LogP contribution in [-0.2, 0) is 0 Å². The molecule has 0 amide bonds. The van der Waals surface area contributed by atoms with Gasteiger partial charge in [0.1, 0.15) is 5.75 Å². The summed E-state index contributed by atoms with van der Waals surface area (Å²) >= 11 is 0. The van der Waals surface area contributed by atoms with Crippen LogP contribution in [-0.4, -0.2) is 35.5 Å². The second-order valence-electron chi connectivity index (χ2n) is 5.00. The maximum atomic E-state index is 10.2. The Balaban J connectivity index is 2.54. The Kier molecular flexibility index (Phi) is 6.84. The van der Waals surface area contributed by atoms with Crippen molar-refractivity contribution < 1.29 is 14.9 Å². The summed E-state index contributed by atoms with van der Waals surface area (Å²) in [6.45, 7) is 6.76. The van der Waals surface area contributed by atoms with Crippen molar-refractivity contribution in [3.8, 4) is 5.75 Å². The topological polar surface area (TPSA) is 61.7 Å². The Morgan fingerprint density at radius 3 is 2.32 bits per heavy atom. The lowest BCUT2D eigenvalue weighted by atomic mass is 10.0. The minimum Gasteiger partial charge on any atom is -0.491 e. The number of aliphatic hydroxyl groups is 2. The third-order valence-corrected chi connectivity index (χ3v) is 2.87. The van der Waals surface area contributed by atoms with Gasteiger partial charge in [0.2, 0.25) is 0 Å². The molecular weight excluding hydrogens is 242 g/mol. The first-order valence-electron chi connectivity index (χ1n) is 6.83. The summed E-state index contributed by atoms with van der Waals surface area (Å²) < 4.78 is 5.56. The van der Waals surface area contributed by atoms with Crippen molar-refractivity contribution in [2.45, 2.75) is 45.4 Å². The fraction of sp³-hybridized carbons (Fsp3) is 0.600. The molecule has 0 saturated carbocycles. The van der Waals surface area contributed by atoms with Crippen LogP contribution in [0.5, 0.6) is 5.75 Å². The van der Waals surface area contributed by atoms with Crippen molar-refractivity contribution in [3.05, 3.63) is 29.8 Å². The predicted molar refractivity (Wildman–Crippen MR) is 76.3 cm³/mol. The zero-order valence-corrected chi connectivity index (χ0v) is 12.0. The fourth-order valence-electron chi connectivity index (χ4n) is 1.82. The molecule has 0 aliphatic rings. The van der Waals surface area contributed by atoms with Crippen LogP contribution in [0.2, 0.25) is 0 Å². The van der Waals surface area contributed by atoms with Gasteiger partial charge < -0.3 is 20.3 Å². The number of aliphatic hydroxyl groups excluding tert-OH is 2. The van der Waals surface area contributed by atoms with Crippen molar-refractivity contribution in [1.82, 2.24) is 5.32 Å². The largest absolute Gasteiger partial charge is 0.491 e. The molecule has 0 aliphatic carbocycles. The summed E-state index contributed by atoms with van der Waals surface area (Å²) in [6, 6.07) is 7.46. The molecule has 4 heteroatoms. The monoisotopic (exact) mass is 267 g/mol. The van der Waals surface area contributed by atoms with Crippen molar-refractivity contribution >= 4 is 0 Å². The highest BCUT2D eigenvalue weighted by Gasteiger charge is 2.15. The molecule has 0 heterocycles. The zero-order chi connectivity index (χ0) is 14.3. The Bertz CT molecular complexity index is 351. The molecule has 2 atom stereocenters. The van der Waals surface area contributed by atoms with Crippen LogP contribution in [0.4, 0.5) is 0 Å². The molecule has 108 valence electrons. The third kappa shape index (κ3) is 5.59. The molecule has 1 aromatic carbocycles. The van der Waals surface area contributed by atoms with E-state index in [-0.39, 0.29) is 18.8 Å². The maximum absolute atomic E-state index is 10.2. The van der Waals surface area contributed by atoms with E-state index in [1.165, 1.54) is 0 Å². The number of ether oxygens (including phenoxy) is 1. The lowest BCUT2D eigenvalue weighted by Crippen LogP contribution is -2.33. The normalized spacial score (nSPS) is 14.4. The third-order valence-electron chi connectivity index (χ3n) is 2.87. The molecule has 19 heavy (non-hydrogen) atoms. The van der Waals surface area contributed by atoms with Crippen LogP contribution in [0.15, 0.2) is 24.3 Å². The minimum absolute atomic E-state index is 0.0524. The van der Waals surface area contributed by atoms with Crippen LogP contribution < -0.4 is 10.1 Å². The van der Waals surface area contributed by atoms with E-state index in [4.69, 9.17) is 9.84 Å². The molecule has 1 rings (SSSR count). The van der Waals surface area contributed by atoms with Gasteiger partial charge in [-0.3, -0.25) is 0 Å². The lowest BCUT2D eigenvalue weighted by Gasteiger charge is -2.21. The Morgan fingerprint density at radius 2 is 1.79 bits per heavy atom. The molecule has 0 saturated heterocycles. The van der Waals surface area contributed by atoms with E-state index in [0.717, 1.165) is 11.3 Å². The average molecular weight is 267 g/mol. The van der Waals surface area contributed by atoms with E-state index in [1.807, 2.05) is 45.0 Å². The van der Waals surface area contributed by atoms with Gasteiger partial charge in [-0.25, -0.2) is 0 Å². The Hall–Kier alpha value is -1.10. The van der Waals surface area contributed by atoms with Gasteiger partial charge in [-0.05, 0) is 51.4 Å². The van der Waals surface area contributed by atoms with E-state index < -0.39 is 6.10 Å². The van der Waals surface area contributed by atoms with E-state index in [1.54, 1.807) is 0 Å². The summed E-state index contributed by atoms with van der Waals surface area (Å²) in [7, 11) is 0. The molecule has 2 unspecified atom stereocenters. The molecule has 0 aliphatic heterocycles. The molecule has 0 bridgehead atoms. The first-order valence-corrected chi connectivity index (χ1v) is 6.83. The molecule has 0 spiro atoms. The second kappa shape index (κ2) is 8.15. The molecule has 3 N–H and O–H groups in total. The smallest absolute Gasteiger partial charge is 0.119 e. The van der Waals surface area contributed by atoms with Crippen molar-refractivity contribution in [3.63, 3.8) is 0 Å². The van der Waals surface area contributed by atoms with Crippen LogP contribution in [0.25, 0.3) is 0 Å². The highest BCUT2D eigenvalue weighted by Crippen LogP contribution is 2.21. The van der Waals surface area contributed by atoms with Crippen LogP contribution in [0.1, 0.15) is 38.9 Å². The van der Waals surface area contributed by atoms with E-state index >= 15 is 0 Å². The number of benzene rings is 1. The molecular formula is C15H25NO3. The summed E-state index contributed by atoms with van der Waals surface area (Å²) in [5.74, 6) is 0.812. The van der Waals surface area contributed by atoms with Crippen molar-refractivity contribution in [2.75, 3.05) is 13.2 Å². The van der Waals surface area contributed by atoms with Crippen molar-refractivity contribution in [2.24, 2.45) is 0 Å². The Morgan fingerprint density at radius 1 is 1.16 bits per heavy atom. The summed E-state index contributed by atoms with van der Waals surface area (Å²) in [5, 5.41) is 22.1. The number of hydrogen-bond acceptors (Lipinski definition) is 4. The lowest BCUT2D eigenvalue weighted by molar-refractivity contribution is 0.134. The standard InChI is InChI=1S/C15H25NO3/c1-11(2)19-14-7-5-13(6-8-14)15(18)12(3)16-9-4-10-17/h5-8,11-12,15-18H,4,9-10H2,1-3H3. The van der Waals surface area contributed by atoms with Gasteiger partial charge in [-0.2, -0.15) is 0 Å². The maximum Gasteiger partial charge on any atom is 0.119 e. The van der Waals surface area contributed by atoms with Crippen molar-refractivity contribution in [1.29, 1.82) is 0 Å². The van der Waals surface area contributed by atoms with E-state index in [0.29, 0.717) is 13.0 Å². The second-order valence-corrected chi connectivity index (χ2v) is 5.00. The fourth-order valence-corrected chi connectivity index (χ4v) is 1.82. The van der Waals surface area contributed by atoms with Crippen LogP contribution >= 0.6 is 0 Å². The first-order chi connectivity index (χ1) is 9.04. The van der Waals surface area contributed by atoms with Gasteiger partial charge in [0, 0.05) is 12.6 Å². The molecule has 4 nitrogen and oxygen atoms in total. The predicted octanol–water partition coefficient (Wildman–Crippen LogP) is 1.87. The van der Waals surface area contributed by atoms with Gasteiger partial charge in [0.25, 0.3) is 0 Å². The van der Waals surface area contributed by atoms with E-state index in [9.17, 15) is 5.11 Å². The first kappa shape index (κ1) is 16.0.